The van der Waals surface area contributed by atoms with E-state index in [1.807, 2.05) is 12.1 Å². The molecule has 112 valence electrons. The van der Waals surface area contributed by atoms with Crippen LogP contribution in [-0.4, -0.2) is 12.6 Å². The largest absolute Gasteiger partial charge is 0.492 e. The van der Waals surface area contributed by atoms with Crippen molar-refractivity contribution in [2.24, 2.45) is 5.41 Å². The first-order valence-corrected chi connectivity index (χ1v) is 8.07. The SMILES string of the molecule is CCCOc1ccc(NC2CCCC(C)(C)C2)cc1Cl. The fourth-order valence-corrected chi connectivity index (χ4v) is 3.21. The normalized spacial score (nSPS) is 21.5. The van der Waals surface area contributed by atoms with Crippen LogP contribution in [0, 0.1) is 5.41 Å². The predicted molar refractivity (Wildman–Crippen MR) is 86.9 cm³/mol. The number of ether oxygens (including phenoxy) is 1. The van der Waals surface area contributed by atoms with Gasteiger partial charge in [-0.25, -0.2) is 0 Å². The van der Waals surface area contributed by atoms with Crippen LogP contribution in [0.25, 0.3) is 0 Å². The molecule has 0 bridgehead atoms. The Morgan fingerprint density at radius 3 is 2.85 bits per heavy atom. The van der Waals surface area contributed by atoms with Crippen molar-refractivity contribution in [3.8, 4) is 5.75 Å². The second-order valence-electron chi connectivity index (χ2n) is 6.60. The summed E-state index contributed by atoms with van der Waals surface area (Å²) in [6.45, 7) is 7.52. The fourth-order valence-electron chi connectivity index (χ4n) is 2.98. The molecule has 1 aromatic carbocycles. The molecule has 1 saturated carbocycles. The molecule has 1 N–H and O–H groups in total. The van der Waals surface area contributed by atoms with E-state index >= 15 is 0 Å². The Balaban J connectivity index is 1.98. The number of nitrogens with one attached hydrogen (secondary N) is 1. The molecule has 1 atom stereocenters. The standard InChI is InChI=1S/C17H26ClNO/c1-4-10-20-16-8-7-13(11-15(16)18)19-14-6-5-9-17(2,3)12-14/h7-8,11,14,19H,4-6,9-10,12H2,1-3H3. The van der Waals surface area contributed by atoms with Crippen LogP contribution >= 0.6 is 11.6 Å². The molecule has 2 nitrogen and oxygen atoms in total. The van der Waals surface area contributed by atoms with Crippen LogP contribution < -0.4 is 10.1 Å². The highest BCUT2D eigenvalue weighted by atomic mass is 35.5. The van der Waals surface area contributed by atoms with Gasteiger partial charge in [-0.05, 0) is 49.3 Å². The lowest BCUT2D eigenvalue weighted by Gasteiger charge is -2.36. The van der Waals surface area contributed by atoms with Crippen LogP contribution in [0.15, 0.2) is 18.2 Å². The molecule has 20 heavy (non-hydrogen) atoms. The summed E-state index contributed by atoms with van der Waals surface area (Å²) in [5.41, 5.74) is 1.55. The van der Waals surface area contributed by atoms with Crippen molar-refractivity contribution in [1.82, 2.24) is 0 Å². The molecule has 0 radical (unpaired) electrons. The first-order valence-electron chi connectivity index (χ1n) is 7.69. The molecule has 0 amide bonds. The summed E-state index contributed by atoms with van der Waals surface area (Å²) in [6.07, 6.45) is 6.09. The molecule has 0 saturated heterocycles. The maximum atomic E-state index is 6.27. The maximum absolute atomic E-state index is 6.27. The predicted octanol–water partition coefficient (Wildman–Crippen LogP) is 5.51. The van der Waals surface area contributed by atoms with Crippen LogP contribution in [0.4, 0.5) is 5.69 Å². The molecule has 0 spiro atoms. The number of benzene rings is 1. The summed E-state index contributed by atoms with van der Waals surface area (Å²) in [5, 5.41) is 4.31. The van der Waals surface area contributed by atoms with Gasteiger partial charge in [0.2, 0.25) is 0 Å². The molecule has 0 heterocycles. The minimum absolute atomic E-state index is 0.448. The number of hydrogen-bond donors (Lipinski definition) is 1. The monoisotopic (exact) mass is 295 g/mol. The number of rotatable bonds is 5. The first kappa shape index (κ1) is 15.5. The second kappa shape index (κ2) is 6.71. The van der Waals surface area contributed by atoms with Gasteiger partial charge in [0.25, 0.3) is 0 Å². The van der Waals surface area contributed by atoms with Gasteiger partial charge in [-0.2, -0.15) is 0 Å². The van der Waals surface area contributed by atoms with Crippen LogP contribution in [0.2, 0.25) is 5.02 Å². The lowest BCUT2D eigenvalue weighted by Crippen LogP contribution is -2.31. The highest BCUT2D eigenvalue weighted by Crippen LogP contribution is 2.37. The van der Waals surface area contributed by atoms with E-state index < -0.39 is 0 Å². The molecular weight excluding hydrogens is 270 g/mol. The third-order valence-corrected chi connectivity index (χ3v) is 4.26. The van der Waals surface area contributed by atoms with Crippen LogP contribution in [0.5, 0.6) is 5.75 Å². The Hall–Kier alpha value is -0.890. The zero-order valence-corrected chi connectivity index (χ0v) is 13.6. The molecule has 1 aliphatic rings. The Bertz CT molecular complexity index is 445. The van der Waals surface area contributed by atoms with E-state index in [-0.39, 0.29) is 0 Å². The highest BCUT2D eigenvalue weighted by Gasteiger charge is 2.27. The van der Waals surface area contributed by atoms with E-state index in [4.69, 9.17) is 16.3 Å². The van der Waals surface area contributed by atoms with E-state index in [1.165, 1.54) is 25.7 Å². The minimum Gasteiger partial charge on any atom is -0.492 e. The maximum Gasteiger partial charge on any atom is 0.138 e. The summed E-state index contributed by atoms with van der Waals surface area (Å²) < 4.78 is 5.60. The quantitative estimate of drug-likeness (QED) is 0.773. The van der Waals surface area contributed by atoms with Gasteiger partial charge in [-0.15, -0.1) is 0 Å². The number of hydrogen-bond acceptors (Lipinski definition) is 2. The molecule has 0 aromatic heterocycles. The van der Waals surface area contributed by atoms with Crippen molar-refractivity contribution in [2.45, 2.75) is 58.9 Å². The Morgan fingerprint density at radius 1 is 1.40 bits per heavy atom. The smallest absolute Gasteiger partial charge is 0.138 e. The van der Waals surface area contributed by atoms with Crippen molar-refractivity contribution in [3.63, 3.8) is 0 Å². The molecule has 1 aromatic rings. The highest BCUT2D eigenvalue weighted by molar-refractivity contribution is 6.32. The average molecular weight is 296 g/mol. The van der Waals surface area contributed by atoms with Gasteiger partial charge in [-0.1, -0.05) is 38.8 Å². The third kappa shape index (κ3) is 4.31. The van der Waals surface area contributed by atoms with E-state index in [9.17, 15) is 0 Å². The fraction of sp³-hybridized carbons (Fsp3) is 0.647. The summed E-state index contributed by atoms with van der Waals surface area (Å²) in [5.74, 6) is 0.781. The number of halogens is 1. The van der Waals surface area contributed by atoms with Crippen molar-refractivity contribution in [1.29, 1.82) is 0 Å². The van der Waals surface area contributed by atoms with Gasteiger partial charge in [0.1, 0.15) is 5.75 Å². The summed E-state index contributed by atoms with van der Waals surface area (Å²) in [6, 6.07) is 6.57. The zero-order chi connectivity index (χ0) is 14.6. The summed E-state index contributed by atoms with van der Waals surface area (Å²) in [7, 11) is 0. The van der Waals surface area contributed by atoms with Gasteiger partial charge in [0, 0.05) is 11.7 Å². The van der Waals surface area contributed by atoms with Gasteiger partial charge in [-0.3, -0.25) is 0 Å². The van der Waals surface area contributed by atoms with E-state index in [2.05, 4.69) is 32.2 Å². The van der Waals surface area contributed by atoms with E-state index in [0.717, 1.165) is 17.9 Å². The van der Waals surface area contributed by atoms with Crippen LogP contribution in [-0.2, 0) is 0 Å². The van der Waals surface area contributed by atoms with Crippen molar-refractivity contribution in [3.05, 3.63) is 23.2 Å². The first-order chi connectivity index (χ1) is 9.50. The van der Waals surface area contributed by atoms with Gasteiger partial charge < -0.3 is 10.1 Å². The van der Waals surface area contributed by atoms with Gasteiger partial charge >= 0.3 is 0 Å². The van der Waals surface area contributed by atoms with Crippen molar-refractivity contribution < 1.29 is 4.74 Å². The Morgan fingerprint density at radius 2 is 2.20 bits per heavy atom. The zero-order valence-electron chi connectivity index (χ0n) is 12.8. The topological polar surface area (TPSA) is 21.3 Å². The molecule has 2 rings (SSSR count). The van der Waals surface area contributed by atoms with Gasteiger partial charge in [0.05, 0.1) is 11.6 Å². The van der Waals surface area contributed by atoms with Gasteiger partial charge in [0.15, 0.2) is 0 Å². The molecule has 1 unspecified atom stereocenters. The lowest BCUT2D eigenvalue weighted by atomic mass is 9.75. The molecule has 3 heteroatoms. The number of anilines is 1. The van der Waals surface area contributed by atoms with Crippen molar-refractivity contribution >= 4 is 17.3 Å². The summed E-state index contributed by atoms with van der Waals surface area (Å²) >= 11 is 6.27. The molecular formula is C17H26ClNO. The Labute approximate surface area is 127 Å². The molecule has 1 aliphatic carbocycles. The van der Waals surface area contributed by atoms with Crippen molar-refractivity contribution in [2.75, 3.05) is 11.9 Å². The second-order valence-corrected chi connectivity index (χ2v) is 7.00. The van der Waals surface area contributed by atoms with Crippen LogP contribution in [0.1, 0.15) is 52.9 Å². The average Bonchev–Trinajstić information content (AvgIpc) is 2.36. The van der Waals surface area contributed by atoms with E-state index in [1.54, 1.807) is 0 Å². The Kier molecular flexibility index (Phi) is 5.20. The molecule has 0 aliphatic heterocycles. The molecule has 1 fully saturated rings. The lowest BCUT2D eigenvalue weighted by molar-refractivity contribution is 0.229. The van der Waals surface area contributed by atoms with E-state index in [0.29, 0.717) is 23.1 Å². The summed E-state index contributed by atoms with van der Waals surface area (Å²) in [4.78, 5) is 0. The third-order valence-electron chi connectivity index (χ3n) is 3.97. The minimum atomic E-state index is 0.448. The van der Waals surface area contributed by atoms with Crippen LogP contribution in [0.3, 0.4) is 0 Å².